The van der Waals surface area contributed by atoms with Gasteiger partial charge in [0.2, 0.25) is 0 Å². The van der Waals surface area contributed by atoms with Gasteiger partial charge in [-0.05, 0) is 45.2 Å². The lowest BCUT2D eigenvalue weighted by atomic mass is 10.0. The SMILES string of the molecule is COC(=O)CCC[C@@H]1OC(C)(C)O[C@@H]1/C=C/c1c(C(C)O)sc2ccccc12. The highest BCUT2D eigenvalue weighted by atomic mass is 32.1. The first-order chi connectivity index (χ1) is 13.3. The smallest absolute Gasteiger partial charge is 0.305 e. The van der Waals surface area contributed by atoms with Crippen LogP contribution in [0, 0.1) is 0 Å². The molecule has 1 aliphatic heterocycles. The minimum Gasteiger partial charge on any atom is -0.469 e. The van der Waals surface area contributed by atoms with Crippen LogP contribution in [-0.2, 0) is 19.0 Å². The van der Waals surface area contributed by atoms with E-state index in [-0.39, 0.29) is 18.2 Å². The molecular weight excluding hydrogens is 376 g/mol. The number of carbonyl (C=O) groups is 1. The normalized spacial score (nSPS) is 22.8. The highest BCUT2D eigenvalue weighted by Gasteiger charge is 2.39. The monoisotopic (exact) mass is 404 g/mol. The summed E-state index contributed by atoms with van der Waals surface area (Å²) in [6.45, 7) is 5.58. The Labute approximate surface area is 169 Å². The summed E-state index contributed by atoms with van der Waals surface area (Å²) in [6.07, 6.45) is 4.92. The van der Waals surface area contributed by atoms with E-state index in [1.807, 2.05) is 38.1 Å². The number of fused-ring (bicyclic) bond motifs is 1. The predicted molar refractivity (Wildman–Crippen MR) is 111 cm³/mol. The van der Waals surface area contributed by atoms with Crippen LogP contribution in [-0.4, -0.2) is 36.2 Å². The summed E-state index contributed by atoms with van der Waals surface area (Å²) < 4.78 is 18.0. The average molecular weight is 405 g/mol. The highest BCUT2D eigenvalue weighted by Crippen LogP contribution is 2.37. The number of rotatable bonds is 7. The first kappa shape index (κ1) is 21.0. The lowest BCUT2D eigenvalue weighted by molar-refractivity contribution is -0.144. The molecular formula is C22H28O5S. The molecule has 2 heterocycles. The van der Waals surface area contributed by atoms with Crippen LogP contribution in [0.2, 0.25) is 0 Å². The van der Waals surface area contributed by atoms with Crippen LogP contribution >= 0.6 is 11.3 Å². The molecule has 3 rings (SSSR count). The van der Waals surface area contributed by atoms with E-state index in [4.69, 9.17) is 14.2 Å². The van der Waals surface area contributed by atoms with E-state index >= 15 is 0 Å². The summed E-state index contributed by atoms with van der Waals surface area (Å²) in [7, 11) is 1.40. The summed E-state index contributed by atoms with van der Waals surface area (Å²) in [6, 6.07) is 8.15. The van der Waals surface area contributed by atoms with Crippen LogP contribution in [0.25, 0.3) is 16.2 Å². The Morgan fingerprint density at radius 2 is 2.11 bits per heavy atom. The van der Waals surface area contributed by atoms with Gasteiger partial charge in [-0.3, -0.25) is 4.79 Å². The molecule has 1 aliphatic rings. The van der Waals surface area contributed by atoms with Crippen molar-refractivity contribution in [3.63, 3.8) is 0 Å². The summed E-state index contributed by atoms with van der Waals surface area (Å²) in [5, 5.41) is 11.3. The predicted octanol–water partition coefficient (Wildman–Crippen LogP) is 4.83. The van der Waals surface area contributed by atoms with E-state index in [0.29, 0.717) is 19.3 Å². The van der Waals surface area contributed by atoms with Gasteiger partial charge in [-0.2, -0.15) is 0 Å². The van der Waals surface area contributed by atoms with E-state index in [9.17, 15) is 9.90 Å². The van der Waals surface area contributed by atoms with Crippen LogP contribution < -0.4 is 0 Å². The second kappa shape index (κ2) is 8.74. The van der Waals surface area contributed by atoms with Gasteiger partial charge in [-0.25, -0.2) is 0 Å². The Morgan fingerprint density at radius 1 is 1.36 bits per heavy atom. The Hall–Kier alpha value is -1.73. The minimum absolute atomic E-state index is 0.129. The molecule has 1 saturated heterocycles. The molecule has 152 valence electrons. The number of ether oxygens (including phenoxy) is 3. The number of thiophene rings is 1. The van der Waals surface area contributed by atoms with Gasteiger partial charge in [-0.1, -0.05) is 30.4 Å². The first-order valence-electron chi connectivity index (χ1n) is 9.61. The number of hydrogen-bond acceptors (Lipinski definition) is 6. The van der Waals surface area contributed by atoms with Gasteiger partial charge in [0.15, 0.2) is 5.79 Å². The molecule has 1 unspecified atom stereocenters. The van der Waals surface area contributed by atoms with Crippen molar-refractivity contribution in [2.24, 2.45) is 0 Å². The van der Waals surface area contributed by atoms with Crippen LogP contribution in [0.15, 0.2) is 30.3 Å². The molecule has 3 atom stereocenters. The summed E-state index contributed by atoms with van der Waals surface area (Å²) in [5.74, 6) is -0.883. The molecule has 0 aliphatic carbocycles. The van der Waals surface area contributed by atoms with Crippen molar-refractivity contribution in [2.75, 3.05) is 7.11 Å². The Morgan fingerprint density at radius 3 is 2.82 bits per heavy atom. The summed E-state index contributed by atoms with van der Waals surface area (Å²) in [5.41, 5.74) is 1.03. The number of aliphatic hydroxyl groups is 1. The highest BCUT2D eigenvalue weighted by molar-refractivity contribution is 7.19. The van der Waals surface area contributed by atoms with E-state index in [0.717, 1.165) is 20.5 Å². The van der Waals surface area contributed by atoms with Crippen molar-refractivity contribution in [1.29, 1.82) is 0 Å². The van der Waals surface area contributed by atoms with Crippen LogP contribution in [0.4, 0.5) is 0 Å². The van der Waals surface area contributed by atoms with Gasteiger partial charge in [0.25, 0.3) is 0 Å². The van der Waals surface area contributed by atoms with E-state index in [2.05, 4.69) is 12.1 Å². The zero-order chi connectivity index (χ0) is 20.3. The molecule has 0 spiro atoms. The second-order valence-electron chi connectivity index (χ2n) is 7.52. The third kappa shape index (κ3) is 4.81. The second-order valence-corrected chi connectivity index (χ2v) is 8.60. The maximum absolute atomic E-state index is 11.4. The van der Waals surface area contributed by atoms with E-state index in [1.54, 1.807) is 18.3 Å². The number of benzene rings is 1. The van der Waals surface area contributed by atoms with Crippen molar-refractivity contribution in [3.8, 4) is 0 Å². The maximum atomic E-state index is 11.4. The fraction of sp³-hybridized carbons (Fsp3) is 0.500. The topological polar surface area (TPSA) is 65.0 Å². The number of carbonyl (C=O) groups excluding carboxylic acids is 1. The standard InChI is InChI=1S/C22H28O5S/c1-14(23)21-16(15-8-5-6-10-19(15)28-21)12-13-18-17(26-22(2,3)27-18)9-7-11-20(24)25-4/h5-6,8,10,12-14,17-18,23H,7,9,11H2,1-4H3/b13-12+/t14?,17-,18+/m0/s1. The zero-order valence-electron chi connectivity index (χ0n) is 16.8. The molecule has 1 fully saturated rings. The average Bonchev–Trinajstić information content (AvgIpc) is 3.16. The molecule has 1 N–H and O–H groups in total. The molecule has 0 bridgehead atoms. The van der Waals surface area contributed by atoms with Gasteiger partial charge in [0.1, 0.15) is 6.10 Å². The van der Waals surface area contributed by atoms with Crippen molar-refractivity contribution in [1.82, 2.24) is 0 Å². The third-order valence-corrected chi connectivity index (χ3v) is 6.17. The third-order valence-electron chi connectivity index (χ3n) is 4.81. The molecule has 1 aromatic heterocycles. The lowest BCUT2D eigenvalue weighted by Gasteiger charge is -2.16. The van der Waals surface area contributed by atoms with Crippen molar-refractivity contribution < 1.29 is 24.1 Å². The Bertz CT molecular complexity index is 852. The molecule has 5 nitrogen and oxygen atoms in total. The minimum atomic E-state index is -0.672. The largest absolute Gasteiger partial charge is 0.469 e. The molecule has 2 aromatic rings. The van der Waals surface area contributed by atoms with Crippen LogP contribution in [0.1, 0.15) is 56.6 Å². The number of esters is 1. The number of aliphatic hydroxyl groups excluding tert-OH is 1. The molecule has 6 heteroatoms. The van der Waals surface area contributed by atoms with Gasteiger partial charge < -0.3 is 19.3 Å². The molecule has 28 heavy (non-hydrogen) atoms. The zero-order valence-corrected chi connectivity index (χ0v) is 17.6. The summed E-state index contributed by atoms with van der Waals surface area (Å²) >= 11 is 1.61. The van der Waals surface area contributed by atoms with Crippen LogP contribution in [0.3, 0.4) is 0 Å². The van der Waals surface area contributed by atoms with Gasteiger partial charge >= 0.3 is 5.97 Å². The summed E-state index contributed by atoms with van der Waals surface area (Å²) in [4.78, 5) is 12.3. The van der Waals surface area contributed by atoms with E-state index in [1.165, 1.54) is 7.11 Å². The molecule has 0 saturated carbocycles. The van der Waals surface area contributed by atoms with Crippen molar-refractivity contribution in [3.05, 3.63) is 40.8 Å². The van der Waals surface area contributed by atoms with Crippen LogP contribution in [0.5, 0.6) is 0 Å². The Kier molecular flexibility index (Phi) is 6.55. The molecule has 0 amide bonds. The quantitative estimate of drug-likeness (QED) is 0.670. The van der Waals surface area contributed by atoms with Gasteiger partial charge in [0, 0.05) is 21.4 Å². The van der Waals surface area contributed by atoms with Crippen molar-refractivity contribution in [2.45, 2.75) is 64.1 Å². The fourth-order valence-electron chi connectivity index (χ4n) is 3.56. The fourth-order valence-corrected chi connectivity index (χ4v) is 4.69. The van der Waals surface area contributed by atoms with Crippen molar-refractivity contribution >= 4 is 33.5 Å². The Balaban J connectivity index is 1.80. The number of hydrogen-bond donors (Lipinski definition) is 1. The lowest BCUT2D eigenvalue weighted by Crippen LogP contribution is -2.21. The van der Waals surface area contributed by atoms with E-state index < -0.39 is 11.9 Å². The first-order valence-corrected chi connectivity index (χ1v) is 10.4. The number of methoxy groups -OCH3 is 1. The molecule has 1 aromatic carbocycles. The maximum Gasteiger partial charge on any atom is 0.305 e. The molecule has 0 radical (unpaired) electrons. The van der Waals surface area contributed by atoms with Gasteiger partial charge in [-0.15, -0.1) is 11.3 Å². The van der Waals surface area contributed by atoms with Gasteiger partial charge in [0.05, 0.1) is 19.3 Å².